The molecule has 0 N–H and O–H groups in total. The second kappa shape index (κ2) is 3.82. The number of fused-ring (bicyclic) bond motifs is 1. The number of rotatable bonds is 2. The number of esters is 1. The fourth-order valence-electron chi connectivity index (χ4n) is 1.80. The Morgan fingerprint density at radius 2 is 2.50 bits per heavy atom. The molecule has 0 saturated carbocycles. The smallest absolute Gasteiger partial charge is 0.341 e. The van der Waals surface area contributed by atoms with E-state index in [1.165, 1.54) is 0 Å². The molecule has 0 aromatic carbocycles. The molecule has 0 unspecified atom stereocenters. The zero-order chi connectivity index (χ0) is 9.97. The fourth-order valence-corrected chi connectivity index (χ4v) is 1.80. The molecule has 4 heteroatoms. The zero-order valence-electron chi connectivity index (χ0n) is 8.32. The minimum Gasteiger partial charge on any atom is -0.462 e. The van der Waals surface area contributed by atoms with Crippen LogP contribution in [-0.4, -0.2) is 22.4 Å². The number of ether oxygens (including phenoxy) is 1. The van der Waals surface area contributed by atoms with Crippen molar-refractivity contribution < 1.29 is 9.53 Å². The molecule has 0 saturated heterocycles. The van der Waals surface area contributed by atoms with Crippen LogP contribution < -0.4 is 0 Å². The highest BCUT2D eigenvalue weighted by molar-refractivity contribution is 5.90. The Balaban J connectivity index is 2.25. The molecule has 1 aromatic rings. The van der Waals surface area contributed by atoms with Crippen molar-refractivity contribution in [2.24, 2.45) is 0 Å². The highest BCUT2D eigenvalue weighted by Gasteiger charge is 2.20. The summed E-state index contributed by atoms with van der Waals surface area (Å²) in [5.74, 6) is -0.240. The number of hydrogen-bond acceptors (Lipinski definition) is 3. The summed E-state index contributed by atoms with van der Waals surface area (Å²) in [6.07, 6.45) is 4.85. The van der Waals surface area contributed by atoms with Gasteiger partial charge in [-0.1, -0.05) is 0 Å². The summed E-state index contributed by atoms with van der Waals surface area (Å²) in [7, 11) is 0. The summed E-state index contributed by atoms with van der Waals surface area (Å²) in [6, 6.07) is 0. The van der Waals surface area contributed by atoms with Crippen molar-refractivity contribution in [1.82, 2.24) is 9.78 Å². The molecule has 0 bridgehead atoms. The molecule has 14 heavy (non-hydrogen) atoms. The second-order valence-corrected chi connectivity index (χ2v) is 3.41. The van der Waals surface area contributed by atoms with Crippen LogP contribution in [0.15, 0.2) is 6.20 Å². The van der Waals surface area contributed by atoms with E-state index in [4.69, 9.17) is 4.74 Å². The topological polar surface area (TPSA) is 44.1 Å². The van der Waals surface area contributed by atoms with Gasteiger partial charge in [-0.2, -0.15) is 5.10 Å². The van der Waals surface area contributed by atoms with Crippen LogP contribution in [0.5, 0.6) is 0 Å². The third-order valence-electron chi connectivity index (χ3n) is 2.48. The van der Waals surface area contributed by atoms with E-state index in [2.05, 4.69) is 5.10 Å². The van der Waals surface area contributed by atoms with Crippen LogP contribution in [0, 0.1) is 0 Å². The predicted molar refractivity (Wildman–Crippen MR) is 51.1 cm³/mol. The molecular weight excluding hydrogens is 180 g/mol. The van der Waals surface area contributed by atoms with Gasteiger partial charge in [0, 0.05) is 6.54 Å². The molecule has 2 heterocycles. The van der Waals surface area contributed by atoms with E-state index in [1.54, 1.807) is 6.20 Å². The Bertz CT molecular complexity index is 344. The first-order chi connectivity index (χ1) is 6.83. The van der Waals surface area contributed by atoms with Crippen LogP contribution in [0.2, 0.25) is 0 Å². The van der Waals surface area contributed by atoms with Gasteiger partial charge in [0.25, 0.3) is 0 Å². The highest BCUT2D eigenvalue weighted by atomic mass is 16.5. The molecule has 0 amide bonds. The Kier molecular flexibility index (Phi) is 2.52. The van der Waals surface area contributed by atoms with Crippen molar-refractivity contribution in [1.29, 1.82) is 0 Å². The van der Waals surface area contributed by atoms with Crippen molar-refractivity contribution in [3.8, 4) is 0 Å². The Labute approximate surface area is 82.9 Å². The molecular formula is C10H14N2O2. The monoisotopic (exact) mass is 194 g/mol. The van der Waals surface area contributed by atoms with Crippen molar-refractivity contribution in [3.05, 3.63) is 17.5 Å². The van der Waals surface area contributed by atoms with Gasteiger partial charge in [0.15, 0.2) is 0 Å². The minimum absolute atomic E-state index is 0.240. The molecule has 0 aliphatic carbocycles. The van der Waals surface area contributed by atoms with Gasteiger partial charge in [0.05, 0.1) is 18.5 Å². The first kappa shape index (κ1) is 9.24. The van der Waals surface area contributed by atoms with Crippen LogP contribution in [0.3, 0.4) is 0 Å². The van der Waals surface area contributed by atoms with Crippen LogP contribution in [0.4, 0.5) is 0 Å². The van der Waals surface area contributed by atoms with Gasteiger partial charge in [-0.15, -0.1) is 0 Å². The molecule has 0 atom stereocenters. The average molecular weight is 194 g/mol. The number of carbonyl (C=O) groups is 1. The van der Waals surface area contributed by atoms with Gasteiger partial charge >= 0.3 is 5.97 Å². The van der Waals surface area contributed by atoms with Crippen LogP contribution in [-0.2, 0) is 17.7 Å². The normalized spacial score (nSPS) is 14.9. The predicted octanol–water partition coefficient (Wildman–Crippen LogP) is 1.40. The third kappa shape index (κ3) is 1.52. The van der Waals surface area contributed by atoms with Gasteiger partial charge in [-0.05, 0) is 26.2 Å². The Morgan fingerprint density at radius 1 is 1.64 bits per heavy atom. The lowest BCUT2D eigenvalue weighted by molar-refractivity contribution is 0.0524. The second-order valence-electron chi connectivity index (χ2n) is 3.41. The van der Waals surface area contributed by atoms with Crippen molar-refractivity contribution in [3.63, 3.8) is 0 Å². The number of aromatic nitrogens is 2. The first-order valence-corrected chi connectivity index (χ1v) is 5.04. The molecule has 0 radical (unpaired) electrons. The summed E-state index contributed by atoms with van der Waals surface area (Å²) >= 11 is 0. The highest BCUT2D eigenvalue weighted by Crippen LogP contribution is 2.18. The summed E-state index contributed by atoms with van der Waals surface area (Å²) in [6.45, 7) is 3.16. The van der Waals surface area contributed by atoms with E-state index in [-0.39, 0.29) is 5.97 Å². The molecule has 1 aromatic heterocycles. The quantitative estimate of drug-likeness (QED) is 0.668. The van der Waals surface area contributed by atoms with Crippen LogP contribution in [0.25, 0.3) is 0 Å². The molecule has 4 nitrogen and oxygen atoms in total. The summed E-state index contributed by atoms with van der Waals surface area (Å²) < 4.78 is 6.87. The standard InChI is InChI=1S/C10H14N2O2/c1-2-14-10(13)8-7-11-12-6-4-3-5-9(8)12/h7H,2-6H2,1H3. The number of hydrogen-bond donors (Lipinski definition) is 0. The van der Waals surface area contributed by atoms with E-state index in [0.717, 1.165) is 31.5 Å². The number of aryl methyl sites for hydroxylation is 1. The summed E-state index contributed by atoms with van der Waals surface area (Å²) in [5, 5.41) is 4.18. The average Bonchev–Trinajstić information content (AvgIpc) is 2.61. The van der Waals surface area contributed by atoms with E-state index in [9.17, 15) is 4.79 Å². The SMILES string of the molecule is CCOC(=O)c1cnn2c1CCCC2. The lowest BCUT2D eigenvalue weighted by Gasteiger charge is -2.13. The van der Waals surface area contributed by atoms with Gasteiger partial charge < -0.3 is 4.74 Å². The number of carbonyl (C=O) groups excluding carboxylic acids is 1. The lowest BCUT2D eigenvalue weighted by atomic mass is 10.1. The van der Waals surface area contributed by atoms with E-state index in [0.29, 0.717) is 12.2 Å². The maximum absolute atomic E-state index is 11.5. The zero-order valence-corrected chi connectivity index (χ0v) is 8.32. The van der Waals surface area contributed by atoms with Crippen LogP contribution in [0.1, 0.15) is 35.8 Å². The molecule has 0 fully saturated rings. The van der Waals surface area contributed by atoms with Gasteiger partial charge in [-0.25, -0.2) is 4.79 Å². The Hall–Kier alpha value is -1.32. The minimum atomic E-state index is -0.240. The first-order valence-electron chi connectivity index (χ1n) is 5.04. The maximum atomic E-state index is 11.5. The van der Waals surface area contributed by atoms with E-state index >= 15 is 0 Å². The maximum Gasteiger partial charge on any atom is 0.341 e. The van der Waals surface area contributed by atoms with Crippen molar-refractivity contribution in [2.75, 3.05) is 6.61 Å². The molecule has 1 aliphatic heterocycles. The van der Waals surface area contributed by atoms with E-state index < -0.39 is 0 Å². The van der Waals surface area contributed by atoms with Crippen molar-refractivity contribution in [2.45, 2.75) is 32.7 Å². The molecule has 76 valence electrons. The van der Waals surface area contributed by atoms with Gasteiger partial charge in [0.2, 0.25) is 0 Å². The molecule has 2 rings (SSSR count). The lowest BCUT2D eigenvalue weighted by Crippen LogP contribution is -2.14. The summed E-state index contributed by atoms with van der Waals surface area (Å²) in [5.41, 5.74) is 1.68. The fraction of sp³-hybridized carbons (Fsp3) is 0.600. The summed E-state index contributed by atoms with van der Waals surface area (Å²) in [4.78, 5) is 11.5. The van der Waals surface area contributed by atoms with Crippen LogP contribution >= 0.6 is 0 Å². The molecule has 0 spiro atoms. The third-order valence-corrected chi connectivity index (χ3v) is 2.48. The van der Waals surface area contributed by atoms with Crippen molar-refractivity contribution >= 4 is 5.97 Å². The molecule has 1 aliphatic rings. The van der Waals surface area contributed by atoms with E-state index in [1.807, 2.05) is 11.6 Å². The van der Waals surface area contributed by atoms with Gasteiger partial charge in [0.1, 0.15) is 5.56 Å². The Morgan fingerprint density at radius 3 is 3.29 bits per heavy atom. The van der Waals surface area contributed by atoms with Gasteiger partial charge in [-0.3, -0.25) is 4.68 Å². The largest absolute Gasteiger partial charge is 0.462 e. The number of nitrogens with zero attached hydrogens (tertiary/aromatic N) is 2.